The normalized spacial score (nSPS) is 13.2. The maximum absolute atomic E-state index is 6.10. The first-order valence-electron chi connectivity index (χ1n) is 6.56. The summed E-state index contributed by atoms with van der Waals surface area (Å²) < 4.78 is 11.4. The van der Waals surface area contributed by atoms with Crippen LogP contribution in [0.4, 0.5) is 5.69 Å². The molecule has 0 spiro atoms. The fraction of sp³-hybridized carbons (Fsp3) is 0.250. The third-order valence-corrected chi connectivity index (χ3v) is 3.60. The largest absolute Gasteiger partial charge is 0.493 e. The first-order chi connectivity index (χ1) is 9.67. The number of halogens is 1. The molecule has 1 aliphatic rings. The Hall–Kier alpha value is -1.87. The van der Waals surface area contributed by atoms with E-state index in [2.05, 4.69) is 24.4 Å². The van der Waals surface area contributed by atoms with Gasteiger partial charge in [-0.1, -0.05) is 29.3 Å². The molecule has 0 saturated heterocycles. The molecule has 1 N–H and O–H groups in total. The molecule has 0 bridgehead atoms. The summed E-state index contributed by atoms with van der Waals surface area (Å²) in [7, 11) is 1.62. The van der Waals surface area contributed by atoms with E-state index in [0.29, 0.717) is 16.5 Å². The highest BCUT2D eigenvalue weighted by Crippen LogP contribution is 2.43. The van der Waals surface area contributed by atoms with Crippen molar-refractivity contribution < 1.29 is 9.47 Å². The molecule has 3 rings (SSSR count). The van der Waals surface area contributed by atoms with E-state index in [1.807, 2.05) is 12.1 Å². The Bertz CT molecular complexity index is 655. The lowest BCUT2D eigenvalue weighted by Gasteiger charge is -2.21. The molecule has 0 atom stereocenters. The summed E-state index contributed by atoms with van der Waals surface area (Å²) >= 11 is 6.10. The van der Waals surface area contributed by atoms with Crippen LogP contribution in [0.3, 0.4) is 0 Å². The molecule has 2 aromatic carbocycles. The zero-order valence-electron chi connectivity index (χ0n) is 11.5. The lowest BCUT2D eigenvalue weighted by molar-refractivity contribution is 0.378. The molecule has 20 heavy (non-hydrogen) atoms. The molecule has 0 unspecified atom stereocenters. The Morgan fingerprint density at radius 2 is 2.10 bits per heavy atom. The molecule has 2 aromatic rings. The maximum atomic E-state index is 6.10. The number of anilines is 1. The van der Waals surface area contributed by atoms with Crippen molar-refractivity contribution in [3.63, 3.8) is 0 Å². The van der Waals surface area contributed by atoms with Gasteiger partial charge >= 0.3 is 0 Å². The van der Waals surface area contributed by atoms with Gasteiger partial charge in [0.1, 0.15) is 5.75 Å². The van der Waals surface area contributed by atoms with E-state index in [-0.39, 0.29) is 0 Å². The summed E-state index contributed by atoms with van der Waals surface area (Å²) in [6.07, 6.45) is 0.908. The summed E-state index contributed by atoms with van der Waals surface area (Å²) in [5.74, 6) is 2.19. The topological polar surface area (TPSA) is 30.5 Å². The summed E-state index contributed by atoms with van der Waals surface area (Å²) in [6.45, 7) is 2.91. The first-order valence-corrected chi connectivity index (χ1v) is 6.94. The Morgan fingerprint density at radius 1 is 1.25 bits per heavy atom. The summed E-state index contributed by atoms with van der Waals surface area (Å²) in [5.41, 5.74) is 3.29. The number of benzene rings is 2. The predicted molar refractivity (Wildman–Crippen MR) is 81.5 cm³/mol. The minimum absolute atomic E-state index is 0.626. The minimum Gasteiger partial charge on any atom is -0.493 e. The molecular weight excluding hydrogens is 274 g/mol. The zero-order valence-corrected chi connectivity index (χ0v) is 12.3. The van der Waals surface area contributed by atoms with E-state index in [1.165, 1.54) is 11.1 Å². The molecule has 0 fully saturated rings. The zero-order chi connectivity index (χ0) is 14.1. The number of methoxy groups -OCH3 is 1. The van der Waals surface area contributed by atoms with Gasteiger partial charge in [0.15, 0.2) is 11.5 Å². The van der Waals surface area contributed by atoms with Crippen LogP contribution in [0.2, 0.25) is 5.02 Å². The van der Waals surface area contributed by atoms with Crippen molar-refractivity contribution in [1.82, 2.24) is 0 Å². The second-order valence-electron chi connectivity index (χ2n) is 4.87. The number of hydrogen-bond donors (Lipinski definition) is 1. The van der Waals surface area contributed by atoms with E-state index in [0.717, 1.165) is 24.4 Å². The van der Waals surface area contributed by atoms with Gasteiger partial charge in [0, 0.05) is 17.6 Å². The Labute approximate surface area is 123 Å². The van der Waals surface area contributed by atoms with Crippen LogP contribution in [0.1, 0.15) is 11.1 Å². The van der Waals surface area contributed by atoms with Gasteiger partial charge in [-0.3, -0.25) is 0 Å². The molecule has 1 aliphatic heterocycles. The van der Waals surface area contributed by atoms with Gasteiger partial charge in [0.05, 0.1) is 12.8 Å². The number of rotatable bonds is 1. The standard InChI is InChI=1S/C16H16ClNO2/c1-10-3-4-14-11(7-10)5-6-18-13-8-12(17)9-15(19-2)16(13)20-14/h3-4,7-9,18H,5-6H2,1-2H3. The highest BCUT2D eigenvalue weighted by molar-refractivity contribution is 6.31. The van der Waals surface area contributed by atoms with Crippen LogP contribution in [0.15, 0.2) is 30.3 Å². The van der Waals surface area contributed by atoms with Crippen LogP contribution >= 0.6 is 11.6 Å². The molecule has 4 heteroatoms. The van der Waals surface area contributed by atoms with Crippen molar-refractivity contribution in [1.29, 1.82) is 0 Å². The molecule has 0 radical (unpaired) electrons. The first kappa shape index (κ1) is 13.1. The fourth-order valence-corrected chi connectivity index (χ4v) is 2.61. The third kappa shape index (κ3) is 2.41. The number of ether oxygens (including phenoxy) is 2. The number of nitrogens with one attached hydrogen (secondary N) is 1. The lowest BCUT2D eigenvalue weighted by atomic mass is 10.1. The van der Waals surface area contributed by atoms with Gasteiger partial charge in [0.2, 0.25) is 0 Å². The Kier molecular flexibility index (Phi) is 3.45. The van der Waals surface area contributed by atoms with Crippen molar-refractivity contribution in [3.8, 4) is 17.2 Å². The molecule has 0 saturated carbocycles. The van der Waals surface area contributed by atoms with E-state index in [4.69, 9.17) is 21.1 Å². The summed E-state index contributed by atoms with van der Waals surface area (Å²) in [6, 6.07) is 9.84. The van der Waals surface area contributed by atoms with Crippen molar-refractivity contribution in [2.24, 2.45) is 0 Å². The maximum Gasteiger partial charge on any atom is 0.192 e. The second-order valence-corrected chi connectivity index (χ2v) is 5.31. The van der Waals surface area contributed by atoms with Crippen LogP contribution in [0.25, 0.3) is 0 Å². The van der Waals surface area contributed by atoms with Gasteiger partial charge < -0.3 is 14.8 Å². The van der Waals surface area contributed by atoms with Crippen LogP contribution in [-0.4, -0.2) is 13.7 Å². The van der Waals surface area contributed by atoms with Crippen molar-refractivity contribution in [2.45, 2.75) is 13.3 Å². The van der Waals surface area contributed by atoms with Crippen molar-refractivity contribution in [3.05, 3.63) is 46.5 Å². The van der Waals surface area contributed by atoms with Crippen molar-refractivity contribution >= 4 is 17.3 Å². The predicted octanol–water partition coefficient (Wildman–Crippen LogP) is 4.42. The lowest BCUT2D eigenvalue weighted by Crippen LogP contribution is -2.10. The Balaban J connectivity index is 2.11. The summed E-state index contributed by atoms with van der Waals surface area (Å²) in [4.78, 5) is 0. The summed E-state index contributed by atoms with van der Waals surface area (Å²) in [5, 5.41) is 3.98. The second kappa shape index (κ2) is 5.25. The molecule has 0 aliphatic carbocycles. The van der Waals surface area contributed by atoms with Gasteiger partial charge in [-0.05, 0) is 31.0 Å². The van der Waals surface area contributed by atoms with Gasteiger partial charge in [0.25, 0.3) is 0 Å². The number of aryl methyl sites for hydroxylation is 1. The monoisotopic (exact) mass is 289 g/mol. The van der Waals surface area contributed by atoms with Gasteiger partial charge in [-0.25, -0.2) is 0 Å². The average Bonchev–Trinajstić information content (AvgIpc) is 2.41. The fourth-order valence-electron chi connectivity index (χ4n) is 2.40. The van der Waals surface area contributed by atoms with Gasteiger partial charge in [-0.2, -0.15) is 0 Å². The molecule has 1 heterocycles. The van der Waals surface area contributed by atoms with E-state index < -0.39 is 0 Å². The smallest absolute Gasteiger partial charge is 0.192 e. The third-order valence-electron chi connectivity index (χ3n) is 3.38. The number of fused-ring (bicyclic) bond motifs is 2. The Morgan fingerprint density at radius 3 is 2.90 bits per heavy atom. The molecule has 0 aromatic heterocycles. The quantitative estimate of drug-likeness (QED) is 0.843. The SMILES string of the molecule is COc1cc(Cl)cc2c1Oc1ccc(C)cc1CCN2. The van der Waals surface area contributed by atoms with E-state index in [9.17, 15) is 0 Å². The van der Waals surface area contributed by atoms with Gasteiger partial charge in [-0.15, -0.1) is 0 Å². The molecule has 3 nitrogen and oxygen atoms in total. The average molecular weight is 290 g/mol. The minimum atomic E-state index is 0.626. The molecule has 104 valence electrons. The van der Waals surface area contributed by atoms with Crippen LogP contribution < -0.4 is 14.8 Å². The molecular formula is C16H16ClNO2. The van der Waals surface area contributed by atoms with E-state index >= 15 is 0 Å². The highest BCUT2D eigenvalue weighted by atomic mass is 35.5. The van der Waals surface area contributed by atoms with Crippen molar-refractivity contribution in [2.75, 3.05) is 19.0 Å². The van der Waals surface area contributed by atoms with Crippen LogP contribution in [0, 0.1) is 6.92 Å². The highest BCUT2D eigenvalue weighted by Gasteiger charge is 2.18. The van der Waals surface area contributed by atoms with E-state index in [1.54, 1.807) is 13.2 Å². The molecule has 0 amide bonds. The van der Waals surface area contributed by atoms with Crippen LogP contribution in [0.5, 0.6) is 17.2 Å². The number of hydrogen-bond acceptors (Lipinski definition) is 3. The van der Waals surface area contributed by atoms with Crippen LogP contribution in [-0.2, 0) is 6.42 Å².